The SMILES string of the molecule is COc1ccc2c(c1)CCCC2CNC(=O)c1c(C)nn(C)c1C. The predicted molar refractivity (Wildman–Crippen MR) is 93.7 cm³/mol. The van der Waals surface area contributed by atoms with Gasteiger partial charge in [-0.1, -0.05) is 6.07 Å². The van der Waals surface area contributed by atoms with Crippen LogP contribution in [0.15, 0.2) is 18.2 Å². The van der Waals surface area contributed by atoms with Crippen LogP contribution in [0.25, 0.3) is 0 Å². The Morgan fingerprint density at radius 2 is 2.21 bits per heavy atom. The molecule has 1 heterocycles. The van der Waals surface area contributed by atoms with Gasteiger partial charge in [0.05, 0.1) is 18.4 Å². The smallest absolute Gasteiger partial charge is 0.255 e. The summed E-state index contributed by atoms with van der Waals surface area (Å²) in [6.07, 6.45) is 3.33. The fourth-order valence-electron chi connectivity index (χ4n) is 3.64. The van der Waals surface area contributed by atoms with E-state index in [2.05, 4.69) is 22.5 Å². The minimum absolute atomic E-state index is 0.0289. The van der Waals surface area contributed by atoms with E-state index in [9.17, 15) is 4.79 Å². The average Bonchev–Trinajstić information content (AvgIpc) is 2.84. The third kappa shape index (κ3) is 3.03. The zero-order valence-electron chi connectivity index (χ0n) is 14.8. The minimum Gasteiger partial charge on any atom is -0.497 e. The van der Waals surface area contributed by atoms with E-state index in [1.165, 1.54) is 11.1 Å². The highest BCUT2D eigenvalue weighted by molar-refractivity contribution is 5.96. The molecule has 0 radical (unpaired) electrons. The van der Waals surface area contributed by atoms with Crippen molar-refractivity contribution in [3.05, 3.63) is 46.3 Å². The summed E-state index contributed by atoms with van der Waals surface area (Å²) in [6, 6.07) is 6.28. The minimum atomic E-state index is -0.0289. The van der Waals surface area contributed by atoms with Crippen LogP contribution in [0.4, 0.5) is 0 Å². The number of methoxy groups -OCH3 is 1. The van der Waals surface area contributed by atoms with Gasteiger partial charge in [-0.2, -0.15) is 5.10 Å². The quantitative estimate of drug-likeness (QED) is 0.939. The van der Waals surface area contributed by atoms with E-state index in [4.69, 9.17) is 4.74 Å². The maximum Gasteiger partial charge on any atom is 0.255 e. The van der Waals surface area contributed by atoms with E-state index in [1.807, 2.05) is 27.0 Å². The first kappa shape index (κ1) is 16.6. The fraction of sp³-hybridized carbons (Fsp3) is 0.474. The van der Waals surface area contributed by atoms with Gasteiger partial charge in [0.2, 0.25) is 0 Å². The van der Waals surface area contributed by atoms with E-state index in [0.29, 0.717) is 18.0 Å². The summed E-state index contributed by atoms with van der Waals surface area (Å²) in [6.45, 7) is 4.47. The second-order valence-corrected chi connectivity index (χ2v) is 6.53. The number of hydrogen-bond acceptors (Lipinski definition) is 3. The molecule has 0 aliphatic heterocycles. The number of nitrogens with zero attached hydrogens (tertiary/aromatic N) is 2. The lowest BCUT2D eigenvalue weighted by Crippen LogP contribution is -2.30. The van der Waals surface area contributed by atoms with Crippen LogP contribution in [-0.4, -0.2) is 29.3 Å². The Labute approximate surface area is 143 Å². The van der Waals surface area contributed by atoms with Gasteiger partial charge in [-0.25, -0.2) is 0 Å². The van der Waals surface area contributed by atoms with Crippen molar-refractivity contribution in [1.82, 2.24) is 15.1 Å². The van der Waals surface area contributed by atoms with E-state index in [-0.39, 0.29) is 5.91 Å². The number of ether oxygens (including phenoxy) is 1. The highest BCUT2D eigenvalue weighted by atomic mass is 16.5. The Morgan fingerprint density at radius 1 is 1.42 bits per heavy atom. The van der Waals surface area contributed by atoms with Crippen LogP contribution < -0.4 is 10.1 Å². The van der Waals surface area contributed by atoms with Crippen molar-refractivity contribution in [3.63, 3.8) is 0 Å². The molecule has 0 saturated carbocycles. The maximum atomic E-state index is 12.6. The number of carbonyl (C=O) groups excluding carboxylic acids is 1. The second-order valence-electron chi connectivity index (χ2n) is 6.53. The molecule has 3 rings (SSSR count). The van der Waals surface area contributed by atoms with Crippen LogP contribution in [0, 0.1) is 13.8 Å². The van der Waals surface area contributed by atoms with Gasteiger partial charge in [-0.05, 0) is 56.4 Å². The second kappa shape index (κ2) is 6.67. The summed E-state index contributed by atoms with van der Waals surface area (Å²) in [5.74, 6) is 1.24. The van der Waals surface area contributed by atoms with Crippen molar-refractivity contribution in [2.75, 3.05) is 13.7 Å². The van der Waals surface area contributed by atoms with Crippen LogP contribution >= 0.6 is 0 Å². The molecule has 0 bridgehead atoms. The summed E-state index contributed by atoms with van der Waals surface area (Å²) < 4.78 is 7.08. The number of aryl methyl sites for hydroxylation is 3. The number of carbonyl (C=O) groups is 1. The molecule has 1 atom stereocenters. The first-order chi connectivity index (χ1) is 11.5. The first-order valence-corrected chi connectivity index (χ1v) is 8.46. The molecule has 0 saturated heterocycles. The van der Waals surface area contributed by atoms with Gasteiger partial charge in [0.1, 0.15) is 5.75 Å². The molecular weight excluding hydrogens is 302 g/mol. The van der Waals surface area contributed by atoms with Gasteiger partial charge in [0.15, 0.2) is 0 Å². The largest absolute Gasteiger partial charge is 0.497 e. The number of benzene rings is 1. The van der Waals surface area contributed by atoms with Crippen molar-refractivity contribution >= 4 is 5.91 Å². The molecule has 1 aliphatic carbocycles. The Morgan fingerprint density at radius 3 is 2.88 bits per heavy atom. The van der Waals surface area contributed by atoms with Crippen LogP contribution in [0.5, 0.6) is 5.75 Å². The van der Waals surface area contributed by atoms with Gasteiger partial charge in [-0.3, -0.25) is 9.48 Å². The molecule has 128 valence electrons. The van der Waals surface area contributed by atoms with E-state index < -0.39 is 0 Å². The molecule has 1 unspecified atom stereocenters. The monoisotopic (exact) mass is 327 g/mol. The highest BCUT2D eigenvalue weighted by Crippen LogP contribution is 2.33. The Kier molecular flexibility index (Phi) is 4.60. The molecule has 1 N–H and O–H groups in total. The molecule has 1 aromatic heterocycles. The number of nitrogens with one attached hydrogen (secondary N) is 1. The average molecular weight is 327 g/mol. The summed E-state index contributed by atoms with van der Waals surface area (Å²) in [4.78, 5) is 12.6. The Bertz CT molecular complexity index is 764. The molecule has 5 nitrogen and oxygen atoms in total. The van der Waals surface area contributed by atoms with Crippen LogP contribution in [0.1, 0.15) is 51.6 Å². The first-order valence-electron chi connectivity index (χ1n) is 8.46. The normalized spacial score (nSPS) is 16.6. The lowest BCUT2D eigenvalue weighted by atomic mass is 9.82. The van der Waals surface area contributed by atoms with Crippen molar-refractivity contribution in [3.8, 4) is 5.75 Å². The van der Waals surface area contributed by atoms with Gasteiger partial charge < -0.3 is 10.1 Å². The van der Waals surface area contributed by atoms with Crippen molar-refractivity contribution in [2.24, 2.45) is 7.05 Å². The predicted octanol–water partition coefficient (Wildman–Crippen LogP) is 2.90. The van der Waals surface area contributed by atoms with Crippen LogP contribution in [-0.2, 0) is 13.5 Å². The topological polar surface area (TPSA) is 56.1 Å². The van der Waals surface area contributed by atoms with Crippen molar-refractivity contribution < 1.29 is 9.53 Å². The standard InChI is InChI=1S/C19H25N3O2/c1-12-18(13(2)22(3)21-12)19(23)20-11-15-7-5-6-14-10-16(24-4)8-9-17(14)15/h8-10,15H,5-7,11H2,1-4H3,(H,20,23). The summed E-state index contributed by atoms with van der Waals surface area (Å²) >= 11 is 0. The molecular formula is C19H25N3O2. The molecule has 24 heavy (non-hydrogen) atoms. The third-order valence-electron chi connectivity index (χ3n) is 5.03. The van der Waals surface area contributed by atoms with Crippen molar-refractivity contribution in [2.45, 2.75) is 39.0 Å². The van der Waals surface area contributed by atoms with E-state index in [0.717, 1.165) is 36.4 Å². The molecule has 5 heteroatoms. The molecule has 0 spiro atoms. The van der Waals surface area contributed by atoms with Gasteiger partial charge >= 0.3 is 0 Å². The van der Waals surface area contributed by atoms with Gasteiger partial charge in [0, 0.05) is 25.2 Å². The number of amides is 1. The number of fused-ring (bicyclic) bond motifs is 1. The van der Waals surface area contributed by atoms with Gasteiger partial charge in [-0.15, -0.1) is 0 Å². The Balaban J connectivity index is 1.73. The van der Waals surface area contributed by atoms with E-state index in [1.54, 1.807) is 11.8 Å². The van der Waals surface area contributed by atoms with Crippen LogP contribution in [0.3, 0.4) is 0 Å². The molecule has 1 amide bonds. The van der Waals surface area contributed by atoms with Crippen LogP contribution in [0.2, 0.25) is 0 Å². The summed E-state index contributed by atoms with van der Waals surface area (Å²) in [7, 11) is 3.56. The Hall–Kier alpha value is -2.30. The molecule has 1 aliphatic rings. The number of aromatic nitrogens is 2. The summed E-state index contributed by atoms with van der Waals surface area (Å²) in [5.41, 5.74) is 5.05. The number of hydrogen-bond donors (Lipinski definition) is 1. The molecule has 0 fully saturated rings. The lowest BCUT2D eigenvalue weighted by Gasteiger charge is -2.26. The van der Waals surface area contributed by atoms with E-state index >= 15 is 0 Å². The summed E-state index contributed by atoms with van der Waals surface area (Å²) in [5, 5.41) is 7.43. The highest BCUT2D eigenvalue weighted by Gasteiger charge is 2.23. The fourth-order valence-corrected chi connectivity index (χ4v) is 3.64. The lowest BCUT2D eigenvalue weighted by molar-refractivity contribution is 0.0949. The van der Waals surface area contributed by atoms with Crippen molar-refractivity contribution in [1.29, 1.82) is 0 Å². The third-order valence-corrected chi connectivity index (χ3v) is 5.03. The molecule has 2 aromatic rings. The zero-order valence-corrected chi connectivity index (χ0v) is 14.8. The zero-order chi connectivity index (χ0) is 17.3. The maximum absolute atomic E-state index is 12.6. The molecule has 1 aromatic carbocycles. The van der Waals surface area contributed by atoms with Gasteiger partial charge in [0.25, 0.3) is 5.91 Å². The number of rotatable bonds is 4.